The summed E-state index contributed by atoms with van der Waals surface area (Å²) in [5, 5.41) is 4.02. The fourth-order valence-electron chi connectivity index (χ4n) is 2.33. The lowest BCUT2D eigenvalue weighted by Gasteiger charge is -2.11. The molecule has 0 atom stereocenters. The lowest BCUT2D eigenvalue weighted by atomic mass is 10.0. The minimum atomic E-state index is -4.34. The fourth-order valence-corrected chi connectivity index (χ4v) is 2.33. The van der Waals surface area contributed by atoms with Gasteiger partial charge in [-0.15, -0.1) is 0 Å². The number of carbonyl (C=O) groups excluding carboxylic acids is 1. The highest BCUT2D eigenvalue weighted by atomic mass is 19.4. The highest BCUT2D eigenvalue weighted by Gasteiger charge is 2.29. The molecule has 0 saturated carbocycles. The van der Waals surface area contributed by atoms with E-state index in [-0.39, 0.29) is 5.91 Å². The second kappa shape index (κ2) is 6.88. The maximum atomic E-state index is 12.5. The maximum Gasteiger partial charge on any atom is 0.416 e. The molecule has 1 aliphatic rings. The predicted octanol–water partition coefficient (Wildman–Crippen LogP) is 4.07. The number of alkyl halides is 3. The minimum Gasteiger partial charge on any atom is -0.273 e. The van der Waals surface area contributed by atoms with Crippen LogP contribution in [0, 0.1) is 0 Å². The van der Waals surface area contributed by atoms with Crippen LogP contribution in [0.25, 0.3) is 0 Å². The Labute approximate surface area is 142 Å². The van der Waals surface area contributed by atoms with Gasteiger partial charge in [-0.25, -0.2) is 5.43 Å². The fraction of sp³-hybridized carbons (Fsp3) is 0.167. The molecule has 1 N–H and O–H groups in total. The molecule has 7 heteroatoms. The molecule has 4 nitrogen and oxygen atoms in total. The molecule has 0 saturated heterocycles. The topological polar surface area (TPSA) is 53.8 Å². The molecule has 0 spiro atoms. The second-order valence-electron chi connectivity index (χ2n) is 5.52. The number of nitrogens with one attached hydrogen (secondary N) is 1. The van der Waals surface area contributed by atoms with Crippen LogP contribution < -0.4 is 5.43 Å². The zero-order valence-electron chi connectivity index (χ0n) is 13.0. The highest BCUT2D eigenvalue weighted by Crippen LogP contribution is 2.29. The van der Waals surface area contributed by atoms with E-state index in [1.807, 2.05) is 12.1 Å². The zero-order chi connectivity index (χ0) is 17.9. The molecule has 0 aliphatic carbocycles. The number of hydrazone groups is 1. The van der Waals surface area contributed by atoms with Gasteiger partial charge in [0.15, 0.2) is 0 Å². The van der Waals surface area contributed by atoms with Gasteiger partial charge in [-0.3, -0.25) is 9.79 Å². The van der Waals surface area contributed by atoms with Crippen molar-refractivity contribution in [3.63, 3.8) is 0 Å². The Hall–Kier alpha value is -2.96. The van der Waals surface area contributed by atoms with E-state index in [2.05, 4.69) is 15.5 Å². The Balaban J connectivity index is 1.69. The van der Waals surface area contributed by atoms with Crippen LogP contribution in [0.4, 0.5) is 18.9 Å². The standard InChI is InChI=1S/C18H14F3N3O/c19-18(20,21)14-5-1-12(2-6-14)11-22-15-7-3-13(4-8-15)16-9-10-17(25)24-23-16/h1-8,11H,9-10H2,(H,24,25). The van der Waals surface area contributed by atoms with Gasteiger partial charge < -0.3 is 0 Å². The molecule has 2 aromatic carbocycles. The number of rotatable bonds is 3. The van der Waals surface area contributed by atoms with Gasteiger partial charge >= 0.3 is 6.18 Å². The second-order valence-corrected chi connectivity index (χ2v) is 5.52. The Morgan fingerprint density at radius 3 is 2.24 bits per heavy atom. The first-order valence-corrected chi connectivity index (χ1v) is 7.59. The molecule has 3 rings (SSSR count). The zero-order valence-corrected chi connectivity index (χ0v) is 13.0. The summed E-state index contributed by atoms with van der Waals surface area (Å²) in [6, 6.07) is 12.1. The van der Waals surface area contributed by atoms with Gasteiger partial charge in [-0.1, -0.05) is 24.3 Å². The van der Waals surface area contributed by atoms with Crippen molar-refractivity contribution in [3.05, 3.63) is 65.2 Å². The van der Waals surface area contributed by atoms with Crippen molar-refractivity contribution in [1.82, 2.24) is 5.43 Å². The van der Waals surface area contributed by atoms with Crippen LogP contribution in [-0.2, 0) is 11.0 Å². The van der Waals surface area contributed by atoms with Gasteiger partial charge in [0.1, 0.15) is 0 Å². The van der Waals surface area contributed by atoms with Crippen molar-refractivity contribution in [3.8, 4) is 0 Å². The van der Waals surface area contributed by atoms with E-state index in [1.54, 1.807) is 12.1 Å². The molecule has 2 aromatic rings. The number of carbonyl (C=O) groups is 1. The first kappa shape index (κ1) is 16.9. The molecular weight excluding hydrogens is 331 g/mol. The van der Waals surface area contributed by atoms with Crippen LogP contribution in [0.5, 0.6) is 0 Å². The summed E-state index contributed by atoms with van der Waals surface area (Å²) in [7, 11) is 0. The summed E-state index contributed by atoms with van der Waals surface area (Å²) >= 11 is 0. The summed E-state index contributed by atoms with van der Waals surface area (Å²) in [6.45, 7) is 0. The van der Waals surface area contributed by atoms with Crippen molar-refractivity contribution in [2.75, 3.05) is 0 Å². The molecule has 128 valence electrons. The lowest BCUT2D eigenvalue weighted by molar-refractivity contribution is -0.137. The summed E-state index contributed by atoms with van der Waals surface area (Å²) in [5.74, 6) is -0.0958. The SMILES string of the molecule is O=C1CCC(c2ccc(N=Cc3ccc(C(F)(F)F)cc3)cc2)=NN1. The molecule has 1 amide bonds. The van der Waals surface area contributed by atoms with E-state index in [4.69, 9.17) is 0 Å². The Bertz CT molecular complexity index is 822. The molecule has 0 fully saturated rings. The first-order valence-electron chi connectivity index (χ1n) is 7.59. The van der Waals surface area contributed by atoms with Gasteiger partial charge in [-0.2, -0.15) is 18.3 Å². The number of hydrogen-bond donors (Lipinski definition) is 1. The van der Waals surface area contributed by atoms with Gasteiger partial charge in [0.05, 0.1) is 17.0 Å². The van der Waals surface area contributed by atoms with Crippen molar-refractivity contribution < 1.29 is 18.0 Å². The van der Waals surface area contributed by atoms with Gasteiger partial charge in [0, 0.05) is 19.1 Å². The van der Waals surface area contributed by atoms with Crippen molar-refractivity contribution in [1.29, 1.82) is 0 Å². The van der Waals surface area contributed by atoms with Gasteiger partial charge in [0.2, 0.25) is 5.91 Å². The number of halogens is 3. The molecule has 0 bridgehead atoms. The molecule has 25 heavy (non-hydrogen) atoms. The first-order chi connectivity index (χ1) is 11.9. The quantitative estimate of drug-likeness (QED) is 0.838. The monoisotopic (exact) mass is 345 g/mol. The van der Waals surface area contributed by atoms with E-state index in [9.17, 15) is 18.0 Å². The summed E-state index contributed by atoms with van der Waals surface area (Å²) in [4.78, 5) is 15.3. The van der Waals surface area contributed by atoms with Gasteiger partial charge in [-0.05, 0) is 35.4 Å². The van der Waals surface area contributed by atoms with E-state index in [0.29, 0.717) is 24.1 Å². The lowest BCUT2D eigenvalue weighted by Crippen LogP contribution is -2.25. The van der Waals surface area contributed by atoms with E-state index in [1.165, 1.54) is 18.3 Å². The minimum absolute atomic E-state index is 0.0958. The maximum absolute atomic E-state index is 12.5. The smallest absolute Gasteiger partial charge is 0.273 e. The average Bonchev–Trinajstić information content (AvgIpc) is 2.61. The summed E-state index contributed by atoms with van der Waals surface area (Å²) in [6.07, 6.45) is -1.84. The van der Waals surface area contributed by atoms with Crippen molar-refractivity contribution in [2.24, 2.45) is 10.1 Å². The van der Waals surface area contributed by atoms with Crippen LogP contribution in [0.3, 0.4) is 0 Å². The Morgan fingerprint density at radius 1 is 1.00 bits per heavy atom. The van der Waals surface area contributed by atoms with Crippen LogP contribution >= 0.6 is 0 Å². The van der Waals surface area contributed by atoms with Crippen molar-refractivity contribution >= 4 is 23.5 Å². The number of nitrogens with zero attached hydrogens (tertiary/aromatic N) is 2. The van der Waals surface area contributed by atoms with Crippen LogP contribution in [0.2, 0.25) is 0 Å². The van der Waals surface area contributed by atoms with Crippen molar-refractivity contribution in [2.45, 2.75) is 19.0 Å². The van der Waals surface area contributed by atoms with Crippen LogP contribution in [-0.4, -0.2) is 17.8 Å². The van der Waals surface area contributed by atoms with Gasteiger partial charge in [0.25, 0.3) is 0 Å². The summed E-state index contributed by atoms with van der Waals surface area (Å²) < 4.78 is 37.6. The van der Waals surface area contributed by atoms with Crippen LogP contribution in [0.15, 0.2) is 58.6 Å². The van der Waals surface area contributed by atoms with E-state index in [0.717, 1.165) is 23.4 Å². The van der Waals surface area contributed by atoms with E-state index >= 15 is 0 Å². The third-order valence-corrected chi connectivity index (χ3v) is 3.71. The normalized spacial score (nSPS) is 15.2. The molecule has 1 aliphatic heterocycles. The summed E-state index contributed by atoms with van der Waals surface area (Å²) in [5.41, 5.74) is 4.71. The average molecular weight is 345 g/mol. The molecule has 0 unspecified atom stereocenters. The third-order valence-electron chi connectivity index (χ3n) is 3.71. The number of benzene rings is 2. The predicted molar refractivity (Wildman–Crippen MR) is 89.1 cm³/mol. The molecule has 1 heterocycles. The highest BCUT2D eigenvalue weighted by molar-refractivity contribution is 6.04. The number of hydrogen-bond acceptors (Lipinski definition) is 3. The van der Waals surface area contributed by atoms with E-state index < -0.39 is 11.7 Å². The molecule has 0 radical (unpaired) electrons. The largest absolute Gasteiger partial charge is 0.416 e. The third kappa shape index (κ3) is 4.32. The molecule has 0 aromatic heterocycles. The Kier molecular flexibility index (Phi) is 4.65. The Morgan fingerprint density at radius 2 is 1.68 bits per heavy atom. The number of amides is 1. The number of aliphatic imine (C=N–C) groups is 1. The molecular formula is C18H14F3N3O. The van der Waals surface area contributed by atoms with Crippen LogP contribution in [0.1, 0.15) is 29.5 Å².